The fraction of sp³-hybridized carbons (Fsp3) is 0.515. The fourth-order valence-electron chi connectivity index (χ4n) is 6.76. The van der Waals surface area contributed by atoms with Crippen LogP contribution in [0.1, 0.15) is 89.1 Å². The SMILES string of the molecule is COc1cccc2c1C(=O)c1c(O)c3c(c(O)c1C2=O)C[C@@](O)(C(=O)CO)CC3O[C@H]1C[C@H](NC(=O)[C@@H](N)CC(C)C)[C@H](O)[C@H](C)O1. The molecule has 1 unspecified atom stereocenters. The second kappa shape index (κ2) is 12.9. The van der Waals surface area contributed by atoms with Crippen molar-refractivity contribution in [1.29, 1.82) is 0 Å². The number of hydrogen-bond donors (Lipinski definition) is 7. The molecule has 1 fully saturated rings. The first kappa shape index (κ1) is 34.4. The Labute approximate surface area is 270 Å². The van der Waals surface area contributed by atoms with Crippen LogP contribution in [-0.2, 0) is 25.5 Å². The third-order valence-electron chi connectivity index (χ3n) is 9.15. The highest BCUT2D eigenvalue weighted by molar-refractivity contribution is 6.31. The van der Waals surface area contributed by atoms with Gasteiger partial charge in [-0.1, -0.05) is 26.0 Å². The maximum absolute atomic E-state index is 13.8. The van der Waals surface area contributed by atoms with Crippen molar-refractivity contribution in [3.63, 3.8) is 0 Å². The molecule has 0 spiro atoms. The van der Waals surface area contributed by atoms with Crippen LogP contribution in [0.25, 0.3) is 0 Å². The fourth-order valence-corrected chi connectivity index (χ4v) is 6.76. The molecule has 14 nitrogen and oxygen atoms in total. The topological polar surface area (TPSA) is 235 Å². The minimum Gasteiger partial charge on any atom is -0.507 e. The molecule has 14 heteroatoms. The summed E-state index contributed by atoms with van der Waals surface area (Å²) in [7, 11) is 1.31. The summed E-state index contributed by atoms with van der Waals surface area (Å²) in [6, 6.07) is 2.61. The van der Waals surface area contributed by atoms with E-state index in [4.69, 9.17) is 19.9 Å². The Kier molecular flexibility index (Phi) is 9.48. The number of aliphatic hydroxyl groups is 3. The number of carbonyl (C=O) groups excluding carboxylic acids is 4. The minimum absolute atomic E-state index is 0.0724. The normalized spacial score (nSPS) is 27.5. The molecule has 0 saturated carbocycles. The summed E-state index contributed by atoms with van der Waals surface area (Å²) in [5.74, 6) is -4.34. The molecule has 1 heterocycles. The summed E-state index contributed by atoms with van der Waals surface area (Å²) in [6.45, 7) is 4.31. The molecule has 0 aromatic heterocycles. The summed E-state index contributed by atoms with van der Waals surface area (Å²) in [5, 5.41) is 57.8. The lowest BCUT2D eigenvalue weighted by Crippen LogP contribution is -2.58. The van der Waals surface area contributed by atoms with Crippen LogP contribution in [0.4, 0.5) is 0 Å². The van der Waals surface area contributed by atoms with Crippen LogP contribution in [0.5, 0.6) is 17.2 Å². The first-order valence-electron chi connectivity index (χ1n) is 15.4. The van der Waals surface area contributed by atoms with Crippen molar-refractivity contribution in [2.45, 2.75) is 88.7 Å². The average molecular weight is 657 g/mol. The molecule has 2 aliphatic carbocycles. The maximum Gasteiger partial charge on any atom is 0.237 e. The Morgan fingerprint density at radius 3 is 2.45 bits per heavy atom. The largest absolute Gasteiger partial charge is 0.507 e. The van der Waals surface area contributed by atoms with Gasteiger partial charge in [-0.15, -0.1) is 0 Å². The van der Waals surface area contributed by atoms with E-state index in [1.807, 2.05) is 13.8 Å². The number of rotatable bonds is 9. The lowest BCUT2D eigenvalue weighted by Gasteiger charge is -2.43. The highest BCUT2D eigenvalue weighted by atomic mass is 16.7. The van der Waals surface area contributed by atoms with Crippen molar-refractivity contribution in [2.24, 2.45) is 11.7 Å². The zero-order chi connectivity index (χ0) is 34.5. The predicted molar refractivity (Wildman–Crippen MR) is 163 cm³/mol. The number of fused-ring (bicyclic) bond motifs is 3. The standard InChI is InChI=1S/C33H40N2O12/c1-13(2)8-17(34)32(43)35-18-9-22(46-14(3)27(18)38)47-20-11-33(44,21(37)12-36)10-16-24(20)31(42)26-25(29(16)40)28(39)15-6-5-7-19(45-4)23(15)30(26)41/h5-7,13-14,17-18,20,22,27,36,38,40,42,44H,8-12,34H2,1-4H3,(H,35,43)/t14-,17-,18-,20?,22-,27+,33-/m0/s1. The molecule has 47 heavy (non-hydrogen) atoms. The van der Waals surface area contributed by atoms with E-state index in [1.54, 1.807) is 6.92 Å². The third kappa shape index (κ3) is 6.01. The van der Waals surface area contributed by atoms with Gasteiger partial charge in [-0.3, -0.25) is 19.2 Å². The molecule has 1 amide bonds. The van der Waals surface area contributed by atoms with Crippen LogP contribution in [0.3, 0.4) is 0 Å². The van der Waals surface area contributed by atoms with Crippen LogP contribution >= 0.6 is 0 Å². The first-order valence-corrected chi connectivity index (χ1v) is 15.4. The molecule has 254 valence electrons. The lowest BCUT2D eigenvalue weighted by atomic mass is 9.72. The molecule has 8 N–H and O–H groups in total. The van der Waals surface area contributed by atoms with E-state index in [0.29, 0.717) is 6.42 Å². The number of ether oxygens (including phenoxy) is 3. The van der Waals surface area contributed by atoms with E-state index < -0.39 is 108 Å². The summed E-state index contributed by atoms with van der Waals surface area (Å²) >= 11 is 0. The second-order valence-corrected chi connectivity index (χ2v) is 12.8. The van der Waals surface area contributed by atoms with Crippen molar-refractivity contribution in [3.8, 4) is 17.2 Å². The summed E-state index contributed by atoms with van der Waals surface area (Å²) in [5.41, 5.74) is 2.10. The highest BCUT2D eigenvalue weighted by Gasteiger charge is 2.50. The van der Waals surface area contributed by atoms with E-state index in [-0.39, 0.29) is 40.3 Å². The number of aliphatic hydroxyl groups excluding tert-OH is 2. The molecule has 0 radical (unpaired) electrons. The molecular weight excluding hydrogens is 616 g/mol. The number of ketones is 3. The molecule has 1 aliphatic heterocycles. The summed E-state index contributed by atoms with van der Waals surface area (Å²) < 4.78 is 17.4. The molecular formula is C33H40N2O12. The number of aromatic hydroxyl groups is 2. The molecule has 2 aromatic carbocycles. The van der Waals surface area contributed by atoms with Crippen LogP contribution in [0.2, 0.25) is 0 Å². The number of phenols is 2. The Balaban J connectivity index is 1.56. The van der Waals surface area contributed by atoms with Crippen LogP contribution in [0.15, 0.2) is 18.2 Å². The monoisotopic (exact) mass is 656 g/mol. The Morgan fingerprint density at radius 1 is 1.13 bits per heavy atom. The number of nitrogens with two attached hydrogens (primary N) is 1. The van der Waals surface area contributed by atoms with Gasteiger partial charge in [0.25, 0.3) is 0 Å². The van der Waals surface area contributed by atoms with Crippen molar-refractivity contribution in [2.75, 3.05) is 13.7 Å². The number of benzene rings is 2. The first-order chi connectivity index (χ1) is 22.1. The van der Waals surface area contributed by atoms with Gasteiger partial charge in [-0.05, 0) is 25.3 Å². The quantitative estimate of drug-likeness (QED) is 0.156. The third-order valence-corrected chi connectivity index (χ3v) is 9.15. The van der Waals surface area contributed by atoms with Crippen molar-refractivity contribution in [3.05, 3.63) is 51.6 Å². The van der Waals surface area contributed by atoms with Gasteiger partial charge in [0, 0.05) is 36.0 Å². The number of phenolic OH excluding ortho intramolecular Hbond substituents is 2. The predicted octanol–water partition coefficient (Wildman–Crippen LogP) is 0.532. The van der Waals surface area contributed by atoms with Crippen molar-refractivity contribution >= 4 is 23.3 Å². The van der Waals surface area contributed by atoms with E-state index >= 15 is 0 Å². The number of carbonyl (C=O) groups is 4. The lowest BCUT2D eigenvalue weighted by molar-refractivity contribution is -0.249. The van der Waals surface area contributed by atoms with E-state index in [0.717, 1.165) is 0 Å². The molecule has 5 rings (SSSR count). The minimum atomic E-state index is -2.32. The Morgan fingerprint density at radius 2 is 1.81 bits per heavy atom. The smallest absolute Gasteiger partial charge is 0.237 e. The van der Waals surface area contributed by atoms with Gasteiger partial charge in [-0.25, -0.2) is 0 Å². The van der Waals surface area contributed by atoms with Gasteiger partial charge in [0.15, 0.2) is 17.9 Å². The summed E-state index contributed by atoms with van der Waals surface area (Å²) in [6.07, 6.45) is -5.56. The van der Waals surface area contributed by atoms with Crippen molar-refractivity contribution < 1.29 is 58.9 Å². The summed E-state index contributed by atoms with van der Waals surface area (Å²) in [4.78, 5) is 53.1. The van der Waals surface area contributed by atoms with Crippen molar-refractivity contribution in [1.82, 2.24) is 5.32 Å². The zero-order valence-corrected chi connectivity index (χ0v) is 26.5. The van der Waals surface area contributed by atoms with Gasteiger partial charge < -0.3 is 50.8 Å². The van der Waals surface area contributed by atoms with E-state index in [9.17, 15) is 44.7 Å². The molecule has 3 aliphatic rings. The number of amides is 1. The molecule has 7 atom stereocenters. The van der Waals surface area contributed by atoms with Gasteiger partial charge in [0.05, 0.1) is 48.1 Å². The van der Waals surface area contributed by atoms with Gasteiger partial charge >= 0.3 is 0 Å². The molecule has 1 saturated heterocycles. The van der Waals surface area contributed by atoms with Gasteiger partial charge in [-0.2, -0.15) is 0 Å². The average Bonchev–Trinajstić information content (AvgIpc) is 3.02. The van der Waals surface area contributed by atoms with E-state index in [2.05, 4.69) is 5.32 Å². The van der Waals surface area contributed by atoms with Gasteiger partial charge in [0.2, 0.25) is 11.7 Å². The number of methoxy groups -OCH3 is 1. The van der Waals surface area contributed by atoms with Crippen LogP contribution in [0, 0.1) is 5.92 Å². The number of hydrogen-bond acceptors (Lipinski definition) is 13. The Hall–Kier alpha value is -3.92. The van der Waals surface area contributed by atoms with Crippen LogP contribution < -0.4 is 15.8 Å². The van der Waals surface area contributed by atoms with Crippen LogP contribution in [-0.4, -0.2) is 98.7 Å². The number of nitrogens with one attached hydrogen (secondary N) is 1. The molecule has 2 aromatic rings. The zero-order valence-electron chi connectivity index (χ0n) is 26.5. The van der Waals surface area contributed by atoms with E-state index in [1.165, 1.54) is 25.3 Å². The maximum atomic E-state index is 13.8. The Bertz CT molecular complexity index is 1620. The number of Topliss-reactive ketones (excluding diaryl/α,β-unsaturated/α-hetero) is 1. The second-order valence-electron chi connectivity index (χ2n) is 12.8. The van der Waals surface area contributed by atoms with Gasteiger partial charge in [0.1, 0.15) is 35.6 Å². The molecule has 0 bridgehead atoms. The highest BCUT2D eigenvalue weighted by Crippen LogP contribution is 2.52.